The molecule has 0 radical (unpaired) electrons. The van der Waals surface area contributed by atoms with E-state index >= 15 is 0 Å². The van der Waals surface area contributed by atoms with Crippen molar-refractivity contribution in [1.29, 1.82) is 0 Å². The molecule has 0 aliphatic carbocycles. The van der Waals surface area contributed by atoms with Gasteiger partial charge in [0.15, 0.2) is 0 Å². The molecule has 1 aliphatic heterocycles. The third-order valence-electron chi connectivity index (χ3n) is 3.13. The molecule has 2 aromatic rings. The van der Waals surface area contributed by atoms with Gasteiger partial charge in [-0.05, 0) is 76.3 Å². The largest absolute Gasteiger partial charge is 0.507 e. The zero-order valence-corrected chi connectivity index (χ0v) is 15.2. The molecule has 0 bridgehead atoms. The molecule has 2 amide bonds. The fraction of sp³-hybridized carbons (Fsp3) is 0. The number of aromatic hydroxyl groups is 1. The summed E-state index contributed by atoms with van der Waals surface area (Å²) in [5.74, 6) is -0.208. The summed E-state index contributed by atoms with van der Waals surface area (Å²) in [5, 5.41) is 9.63. The molecular formula is C16H9ClINO3S. The van der Waals surface area contributed by atoms with Crippen LogP contribution >= 0.6 is 46.0 Å². The molecule has 4 nitrogen and oxygen atoms in total. The van der Waals surface area contributed by atoms with Gasteiger partial charge in [0.05, 0.1) is 14.2 Å². The van der Waals surface area contributed by atoms with E-state index < -0.39 is 0 Å². The topological polar surface area (TPSA) is 57.6 Å². The van der Waals surface area contributed by atoms with Gasteiger partial charge in [-0.1, -0.05) is 23.7 Å². The van der Waals surface area contributed by atoms with E-state index in [0.29, 0.717) is 19.2 Å². The quantitative estimate of drug-likeness (QED) is 0.515. The van der Waals surface area contributed by atoms with Crippen LogP contribution in [0, 0.1) is 3.57 Å². The molecule has 1 N–H and O–H groups in total. The van der Waals surface area contributed by atoms with Crippen LogP contribution in [0.1, 0.15) is 5.56 Å². The molecule has 0 atom stereocenters. The molecular weight excluding hydrogens is 449 g/mol. The summed E-state index contributed by atoms with van der Waals surface area (Å²) in [5.41, 5.74) is 1.19. The van der Waals surface area contributed by atoms with Crippen molar-refractivity contribution in [1.82, 2.24) is 0 Å². The van der Waals surface area contributed by atoms with Crippen molar-refractivity contribution in [2.24, 2.45) is 0 Å². The maximum atomic E-state index is 12.5. The Hall–Kier alpha value is -1.51. The van der Waals surface area contributed by atoms with Gasteiger partial charge < -0.3 is 5.11 Å². The molecule has 116 valence electrons. The van der Waals surface area contributed by atoms with Crippen LogP contribution in [-0.2, 0) is 4.79 Å². The first kappa shape index (κ1) is 16.4. The highest BCUT2D eigenvalue weighted by molar-refractivity contribution is 14.1. The van der Waals surface area contributed by atoms with Gasteiger partial charge in [0, 0.05) is 5.02 Å². The van der Waals surface area contributed by atoms with Crippen LogP contribution in [0.25, 0.3) is 6.08 Å². The van der Waals surface area contributed by atoms with Crippen LogP contribution in [0.15, 0.2) is 47.4 Å². The van der Waals surface area contributed by atoms with Gasteiger partial charge in [0.25, 0.3) is 11.1 Å². The van der Waals surface area contributed by atoms with Crippen molar-refractivity contribution in [2.45, 2.75) is 0 Å². The number of benzene rings is 2. The highest BCUT2D eigenvalue weighted by atomic mass is 127. The highest BCUT2D eigenvalue weighted by Gasteiger charge is 2.36. The van der Waals surface area contributed by atoms with Gasteiger partial charge in [-0.15, -0.1) is 0 Å². The van der Waals surface area contributed by atoms with Crippen LogP contribution in [0.2, 0.25) is 5.02 Å². The predicted molar refractivity (Wildman–Crippen MR) is 101 cm³/mol. The van der Waals surface area contributed by atoms with Crippen molar-refractivity contribution in [3.05, 3.63) is 61.5 Å². The second-order valence-corrected chi connectivity index (χ2v) is 7.30. The summed E-state index contributed by atoms with van der Waals surface area (Å²) >= 11 is 8.80. The monoisotopic (exact) mass is 457 g/mol. The van der Waals surface area contributed by atoms with E-state index in [4.69, 9.17) is 11.6 Å². The lowest BCUT2D eigenvalue weighted by atomic mass is 10.2. The van der Waals surface area contributed by atoms with Crippen molar-refractivity contribution in [3.8, 4) is 5.75 Å². The standard InChI is InChI=1S/C16H9ClINO3S/c17-10-2-1-3-11(8-10)19-15(21)14(23-16(19)22)7-9-4-5-13(20)12(18)6-9/h1-8,20H/b14-7-. The number of phenols is 1. The summed E-state index contributed by atoms with van der Waals surface area (Å²) in [4.78, 5) is 26.1. The number of imide groups is 1. The average molecular weight is 458 g/mol. The Morgan fingerprint density at radius 2 is 1.96 bits per heavy atom. The fourth-order valence-corrected chi connectivity index (χ4v) is 3.64. The van der Waals surface area contributed by atoms with Crippen LogP contribution < -0.4 is 4.90 Å². The number of nitrogens with zero attached hydrogens (tertiary/aromatic N) is 1. The van der Waals surface area contributed by atoms with Crippen LogP contribution in [0.5, 0.6) is 5.75 Å². The molecule has 2 aromatic carbocycles. The van der Waals surface area contributed by atoms with E-state index in [0.717, 1.165) is 22.2 Å². The number of carbonyl (C=O) groups excluding carboxylic acids is 2. The van der Waals surface area contributed by atoms with Crippen molar-refractivity contribution in [2.75, 3.05) is 4.90 Å². The number of thioether (sulfide) groups is 1. The lowest BCUT2D eigenvalue weighted by molar-refractivity contribution is -0.113. The fourth-order valence-electron chi connectivity index (χ4n) is 2.07. The average Bonchev–Trinajstić information content (AvgIpc) is 2.77. The maximum Gasteiger partial charge on any atom is 0.298 e. The van der Waals surface area contributed by atoms with Gasteiger partial charge in [0.1, 0.15) is 5.75 Å². The highest BCUT2D eigenvalue weighted by Crippen LogP contribution is 2.36. The second-order valence-electron chi connectivity index (χ2n) is 4.71. The minimum absolute atomic E-state index is 0.176. The molecule has 1 aliphatic rings. The smallest absolute Gasteiger partial charge is 0.298 e. The number of hydrogen-bond acceptors (Lipinski definition) is 4. The Labute approximate surface area is 155 Å². The number of phenolic OH excluding ortho intramolecular Hbond substituents is 1. The Morgan fingerprint density at radius 1 is 1.17 bits per heavy atom. The zero-order valence-electron chi connectivity index (χ0n) is 11.5. The molecule has 3 rings (SSSR count). The molecule has 0 unspecified atom stereocenters. The van der Waals surface area contributed by atoms with Crippen LogP contribution in [0.3, 0.4) is 0 Å². The predicted octanol–water partition coefficient (Wildman–Crippen LogP) is 4.89. The number of amides is 2. The van der Waals surface area contributed by atoms with E-state index in [1.54, 1.807) is 48.5 Å². The number of hydrogen-bond donors (Lipinski definition) is 1. The Bertz CT molecular complexity index is 853. The molecule has 1 saturated heterocycles. The first-order valence-electron chi connectivity index (χ1n) is 6.48. The first-order valence-corrected chi connectivity index (χ1v) is 8.75. The number of carbonyl (C=O) groups is 2. The SMILES string of the molecule is O=C1S/C(=C\c2ccc(O)c(I)c2)C(=O)N1c1cccc(Cl)c1. The summed E-state index contributed by atoms with van der Waals surface area (Å²) in [6.07, 6.45) is 1.64. The molecule has 1 fully saturated rings. The Balaban J connectivity index is 1.94. The van der Waals surface area contributed by atoms with E-state index in [1.807, 2.05) is 22.6 Å². The van der Waals surface area contributed by atoms with Crippen molar-refractivity contribution < 1.29 is 14.7 Å². The van der Waals surface area contributed by atoms with E-state index in [-0.39, 0.29) is 16.9 Å². The normalized spacial score (nSPS) is 16.4. The van der Waals surface area contributed by atoms with Crippen molar-refractivity contribution in [3.63, 3.8) is 0 Å². The van der Waals surface area contributed by atoms with Gasteiger partial charge in [-0.25, -0.2) is 4.90 Å². The molecule has 23 heavy (non-hydrogen) atoms. The number of halogens is 2. The van der Waals surface area contributed by atoms with Crippen LogP contribution in [0.4, 0.5) is 10.5 Å². The minimum Gasteiger partial charge on any atom is -0.507 e. The Kier molecular flexibility index (Phi) is 4.65. The van der Waals surface area contributed by atoms with Gasteiger partial charge in [0.2, 0.25) is 0 Å². The third kappa shape index (κ3) is 3.39. The summed E-state index contributed by atoms with van der Waals surface area (Å²) in [6.45, 7) is 0. The van der Waals surface area contributed by atoms with Gasteiger partial charge in [-0.2, -0.15) is 0 Å². The van der Waals surface area contributed by atoms with E-state index in [2.05, 4.69) is 0 Å². The van der Waals surface area contributed by atoms with E-state index in [9.17, 15) is 14.7 Å². The van der Waals surface area contributed by atoms with Gasteiger partial charge in [-0.3, -0.25) is 9.59 Å². The summed E-state index contributed by atoms with van der Waals surface area (Å²) in [6, 6.07) is 11.6. The van der Waals surface area contributed by atoms with E-state index in [1.165, 1.54) is 0 Å². The molecule has 0 aromatic heterocycles. The number of rotatable bonds is 2. The minimum atomic E-state index is -0.384. The number of anilines is 1. The lowest BCUT2D eigenvalue weighted by Gasteiger charge is -2.12. The van der Waals surface area contributed by atoms with Crippen molar-refractivity contribution >= 4 is 68.9 Å². The maximum absolute atomic E-state index is 12.5. The Morgan fingerprint density at radius 3 is 2.65 bits per heavy atom. The van der Waals surface area contributed by atoms with Crippen LogP contribution in [-0.4, -0.2) is 16.3 Å². The molecule has 1 heterocycles. The molecule has 7 heteroatoms. The zero-order chi connectivity index (χ0) is 16.6. The van der Waals surface area contributed by atoms with Gasteiger partial charge >= 0.3 is 0 Å². The third-order valence-corrected chi connectivity index (χ3v) is 5.10. The molecule has 0 spiro atoms. The summed E-state index contributed by atoms with van der Waals surface area (Å²) in [7, 11) is 0. The molecule has 0 saturated carbocycles. The lowest BCUT2D eigenvalue weighted by Crippen LogP contribution is -2.27. The first-order chi connectivity index (χ1) is 11.0. The summed E-state index contributed by atoms with van der Waals surface area (Å²) < 4.78 is 0.672. The second kappa shape index (κ2) is 6.54.